The molecule has 3 nitrogen and oxygen atoms in total. The van der Waals surface area contributed by atoms with Crippen LogP contribution in [-0.4, -0.2) is 49.0 Å². The van der Waals surface area contributed by atoms with Crippen LogP contribution >= 0.6 is 11.6 Å². The Bertz CT molecular complexity index is 403. The second-order valence-corrected chi connectivity index (χ2v) is 4.83. The maximum absolute atomic E-state index is 9.93. The summed E-state index contributed by atoms with van der Waals surface area (Å²) in [5.74, 6) is 0. The van der Waals surface area contributed by atoms with Crippen LogP contribution in [0.5, 0.6) is 0 Å². The summed E-state index contributed by atoms with van der Waals surface area (Å²) in [5, 5.41) is 10.6. The number of halogens is 1. The Morgan fingerprint density at radius 2 is 2.17 bits per heavy atom. The van der Waals surface area contributed by atoms with Crippen LogP contribution < -0.4 is 0 Å². The fraction of sp³-hybridized carbons (Fsp3) is 0.429. The van der Waals surface area contributed by atoms with E-state index in [9.17, 15) is 5.11 Å². The third kappa shape index (κ3) is 4.42. The van der Waals surface area contributed by atoms with Crippen molar-refractivity contribution in [2.75, 3.05) is 32.8 Å². The third-order valence-electron chi connectivity index (χ3n) is 2.91. The van der Waals surface area contributed by atoms with Crippen molar-refractivity contribution in [2.24, 2.45) is 0 Å². The molecule has 1 aliphatic heterocycles. The van der Waals surface area contributed by atoms with E-state index in [1.807, 2.05) is 30.3 Å². The van der Waals surface area contributed by atoms with Gasteiger partial charge >= 0.3 is 0 Å². The van der Waals surface area contributed by atoms with Crippen LogP contribution in [0.3, 0.4) is 0 Å². The van der Waals surface area contributed by atoms with E-state index in [-0.39, 0.29) is 0 Å². The SMILES string of the molecule is OC(/C=C/c1cccc(Cl)c1)CN1CCOCC1. The molecule has 1 atom stereocenters. The number of ether oxygens (including phenoxy) is 1. The van der Waals surface area contributed by atoms with E-state index >= 15 is 0 Å². The van der Waals surface area contributed by atoms with E-state index in [0.717, 1.165) is 31.9 Å². The summed E-state index contributed by atoms with van der Waals surface area (Å²) in [4.78, 5) is 2.20. The molecule has 0 amide bonds. The van der Waals surface area contributed by atoms with Crippen molar-refractivity contribution in [3.63, 3.8) is 0 Å². The molecule has 1 fully saturated rings. The number of β-amino-alcohol motifs (C(OH)–C–C–N with tert-alkyl or cyclic N) is 1. The van der Waals surface area contributed by atoms with Gasteiger partial charge in [-0.15, -0.1) is 0 Å². The van der Waals surface area contributed by atoms with Gasteiger partial charge in [-0.05, 0) is 17.7 Å². The van der Waals surface area contributed by atoms with E-state index in [2.05, 4.69) is 4.90 Å². The Kier molecular flexibility index (Phi) is 5.20. The summed E-state index contributed by atoms with van der Waals surface area (Å²) in [7, 11) is 0. The molecule has 0 bridgehead atoms. The van der Waals surface area contributed by atoms with Gasteiger partial charge in [0.25, 0.3) is 0 Å². The third-order valence-corrected chi connectivity index (χ3v) is 3.14. The highest BCUT2D eigenvalue weighted by atomic mass is 35.5. The molecule has 0 spiro atoms. The van der Waals surface area contributed by atoms with Crippen LogP contribution in [0.15, 0.2) is 30.3 Å². The molecule has 1 aromatic rings. The van der Waals surface area contributed by atoms with Gasteiger partial charge in [0.1, 0.15) is 0 Å². The molecule has 2 rings (SSSR count). The van der Waals surface area contributed by atoms with Gasteiger partial charge in [0.05, 0.1) is 19.3 Å². The number of hydrogen-bond donors (Lipinski definition) is 1. The van der Waals surface area contributed by atoms with E-state index in [4.69, 9.17) is 16.3 Å². The smallest absolute Gasteiger partial charge is 0.0851 e. The molecule has 1 unspecified atom stereocenters. The molecular formula is C14H18ClNO2. The predicted octanol–water partition coefficient (Wildman–Crippen LogP) is 2.05. The van der Waals surface area contributed by atoms with Crippen LogP contribution in [0.4, 0.5) is 0 Å². The number of aliphatic hydroxyl groups excluding tert-OH is 1. The Morgan fingerprint density at radius 3 is 2.89 bits per heavy atom. The van der Waals surface area contributed by atoms with Crippen molar-refractivity contribution >= 4 is 17.7 Å². The average Bonchev–Trinajstić information content (AvgIpc) is 2.38. The Labute approximate surface area is 113 Å². The highest BCUT2D eigenvalue weighted by molar-refractivity contribution is 6.30. The first-order valence-corrected chi connectivity index (χ1v) is 6.54. The molecule has 1 heterocycles. The van der Waals surface area contributed by atoms with Crippen LogP contribution in [0, 0.1) is 0 Å². The molecule has 1 aliphatic rings. The normalized spacial score (nSPS) is 19.2. The van der Waals surface area contributed by atoms with E-state index in [1.54, 1.807) is 6.08 Å². The van der Waals surface area contributed by atoms with Crippen LogP contribution in [0.2, 0.25) is 5.02 Å². The lowest BCUT2D eigenvalue weighted by molar-refractivity contribution is 0.0223. The maximum atomic E-state index is 9.93. The molecular weight excluding hydrogens is 250 g/mol. The van der Waals surface area contributed by atoms with Crippen LogP contribution in [0.25, 0.3) is 6.08 Å². The first-order chi connectivity index (χ1) is 8.74. The van der Waals surface area contributed by atoms with E-state index in [1.165, 1.54) is 0 Å². The minimum absolute atomic E-state index is 0.456. The Hall–Kier alpha value is -0.870. The average molecular weight is 268 g/mol. The van der Waals surface area contributed by atoms with E-state index < -0.39 is 6.10 Å². The van der Waals surface area contributed by atoms with Crippen molar-refractivity contribution in [2.45, 2.75) is 6.10 Å². The largest absolute Gasteiger partial charge is 0.388 e. The molecule has 4 heteroatoms. The molecule has 1 saturated heterocycles. The number of rotatable bonds is 4. The fourth-order valence-electron chi connectivity index (χ4n) is 1.94. The number of benzene rings is 1. The number of nitrogens with zero attached hydrogens (tertiary/aromatic N) is 1. The van der Waals surface area contributed by atoms with Crippen LogP contribution in [0.1, 0.15) is 5.56 Å². The number of morpholine rings is 1. The van der Waals surface area contributed by atoms with Gasteiger partial charge in [0.2, 0.25) is 0 Å². The number of aliphatic hydroxyl groups is 1. The Balaban J connectivity index is 1.84. The molecule has 18 heavy (non-hydrogen) atoms. The zero-order chi connectivity index (χ0) is 12.8. The van der Waals surface area contributed by atoms with Gasteiger partial charge in [-0.25, -0.2) is 0 Å². The molecule has 0 radical (unpaired) electrons. The quantitative estimate of drug-likeness (QED) is 0.906. The summed E-state index contributed by atoms with van der Waals surface area (Å²) < 4.78 is 5.27. The summed E-state index contributed by atoms with van der Waals surface area (Å²) in [5.41, 5.74) is 1.00. The van der Waals surface area contributed by atoms with Crippen molar-refractivity contribution in [1.82, 2.24) is 4.90 Å². The van der Waals surface area contributed by atoms with Gasteiger partial charge in [-0.1, -0.05) is 35.9 Å². The van der Waals surface area contributed by atoms with Gasteiger partial charge < -0.3 is 9.84 Å². The second-order valence-electron chi connectivity index (χ2n) is 4.39. The summed E-state index contributed by atoms with van der Waals surface area (Å²) in [6, 6.07) is 7.57. The summed E-state index contributed by atoms with van der Waals surface area (Å²) >= 11 is 5.90. The minimum Gasteiger partial charge on any atom is -0.388 e. The number of hydrogen-bond acceptors (Lipinski definition) is 3. The first kappa shape index (κ1) is 13.6. The monoisotopic (exact) mass is 267 g/mol. The molecule has 98 valence electrons. The Morgan fingerprint density at radius 1 is 1.39 bits per heavy atom. The molecule has 1 N–H and O–H groups in total. The van der Waals surface area contributed by atoms with Gasteiger partial charge in [0.15, 0.2) is 0 Å². The van der Waals surface area contributed by atoms with Crippen molar-refractivity contribution in [3.05, 3.63) is 40.9 Å². The molecule has 1 aromatic carbocycles. The first-order valence-electron chi connectivity index (χ1n) is 6.16. The lowest BCUT2D eigenvalue weighted by Crippen LogP contribution is -2.40. The highest BCUT2D eigenvalue weighted by Crippen LogP contribution is 2.12. The molecule has 0 saturated carbocycles. The zero-order valence-electron chi connectivity index (χ0n) is 10.3. The van der Waals surface area contributed by atoms with Crippen LogP contribution in [-0.2, 0) is 4.74 Å². The molecule has 0 aliphatic carbocycles. The lowest BCUT2D eigenvalue weighted by atomic mass is 10.2. The van der Waals surface area contributed by atoms with Gasteiger partial charge in [-0.2, -0.15) is 0 Å². The predicted molar refractivity (Wildman–Crippen MR) is 73.8 cm³/mol. The van der Waals surface area contributed by atoms with Crippen molar-refractivity contribution in [3.8, 4) is 0 Å². The zero-order valence-corrected chi connectivity index (χ0v) is 11.0. The standard InChI is InChI=1S/C14H18ClNO2/c15-13-3-1-2-12(10-13)4-5-14(17)11-16-6-8-18-9-7-16/h1-5,10,14,17H,6-9,11H2/b5-4+. The highest BCUT2D eigenvalue weighted by Gasteiger charge is 2.12. The second kappa shape index (κ2) is 6.90. The summed E-state index contributed by atoms with van der Waals surface area (Å²) in [6.07, 6.45) is 3.25. The van der Waals surface area contributed by atoms with Crippen molar-refractivity contribution in [1.29, 1.82) is 0 Å². The van der Waals surface area contributed by atoms with Gasteiger partial charge in [-0.3, -0.25) is 4.90 Å². The van der Waals surface area contributed by atoms with Crippen molar-refractivity contribution < 1.29 is 9.84 Å². The lowest BCUT2D eigenvalue weighted by Gasteiger charge is -2.27. The topological polar surface area (TPSA) is 32.7 Å². The molecule has 0 aromatic heterocycles. The summed E-state index contributed by atoms with van der Waals surface area (Å²) in [6.45, 7) is 3.94. The fourth-order valence-corrected chi connectivity index (χ4v) is 2.14. The maximum Gasteiger partial charge on any atom is 0.0851 e. The minimum atomic E-state index is -0.456. The van der Waals surface area contributed by atoms with E-state index in [0.29, 0.717) is 11.6 Å². The van der Waals surface area contributed by atoms with Gasteiger partial charge in [0, 0.05) is 24.7 Å².